The molecule has 1 aromatic rings. The van der Waals surface area contributed by atoms with Crippen LogP contribution in [0.1, 0.15) is 49.9 Å². The summed E-state index contributed by atoms with van der Waals surface area (Å²) in [5, 5.41) is 0. The van der Waals surface area contributed by atoms with Crippen molar-refractivity contribution in [3.8, 4) is 0 Å². The van der Waals surface area contributed by atoms with Gasteiger partial charge in [0.05, 0.1) is 10.8 Å². The van der Waals surface area contributed by atoms with Gasteiger partial charge < -0.3 is 0 Å². The van der Waals surface area contributed by atoms with Crippen LogP contribution in [0.2, 0.25) is 0 Å². The third-order valence-electron chi connectivity index (χ3n) is 6.26. The highest BCUT2D eigenvalue weighted by Crippen LogP contribution is 2.47. The molecule has 0 atom stereocenters. The van der Waals surface area contributed by atoms with Crippen LogP contribution in [-0.2, 0) is 44.9 Å². The molecule has 0 aliphatic heterocycles. The smallest absolute Gasteiger partial charge is 0.144 e. The van der Waals surface area contributed by atoms with E-state index in [-0.39, 0.29) is 23.1 Å². The third-order valence-corrected chi connectivity index (χ3v) is 6.26. The molecule has 0 spiro atoms. The molecule has 4 nitrogen and oxygen atoms in total. The Kier molecular flexibility index (Phi) is 3.63. The monoisotopic (exact) mass is 326 g/mol. The first kappa shape index (κ1) is 16.7. The van der Waals surface area contributed by atoms with Gasteiger partial charge in [-0.3, -0.25) is 19.2 Å². The molecule has 0 radical (unpaired) electrons. The second kappa shape index (κ2) is 5.20. The second-order valence-corrected chi connectivity index (χ2v) is 7.44. The molecule has 0 saturated heterocycles. The number of ketones is 4. The zero-order chi connectivity index (χ0) is 17.9. The Labute approximate surface area is 141 Å². The first-order valence-electron chi connectivity index (χ1n) is 8.31. The second-order valence-electron chi connectivity index (χ2n) is 7.44. The van der Waals surface area contributed by atoms with Gasteiger partial charge >= 0.3 is 0 Å². The summed E-state index contributed by atoms with van der Waals surface area (Å²) in [6, 6.07) is 3.91. The molecule has 4 heteroatoms. The van der Waals surface area contributed by atoms with Gasteiger partial charge in [0, 0.05) is 0 Å². The molecule has 0 heterocycles. The highest BCUT2D eigenvalue weighted by molar-refractivity contribution is 6.07. The predicted octanol–water partition coefficient (Wildman–Crippen LogP) is 2.21. The first-order valence-corrected chi connectivity index (χ1v) is 8.31. The van der Waals surface area contributed by atoms with Gasteiger partial charge in [-0.05, 0) is 75.6 Å². The number of hydrogen-bond acceptors (Lipinski definition) is 4. The van der Waals surface area contributed by atoms with Gasteiger partial charge in [0.2, 0.25) is 0 Å². The van der Waals surface area contributed by atoms with E-state index in [1.807, 2.05) is 12.1 Å². The maximum atomic E-state index is 12.2. The Bertz CT molecular complexity index is 705. The van der Waals surface area contributed by atoms with E-state index in [2.05, 4.69) is 0 Å². The van der Waals surface area contributed by atoms with Crippen LogP contribution < -0.4 is 0 Å². The molecule has 1 aromatic carbocycles. The average molecular weight is 326 g/mol. The molecule has 0 aromatic heterocycles. The summed E-state index contributed by atoms with van der Waals surface area (Å²) >= 11 is 0. The zero-order valence-corrected chi connectivity index (χ0v) is 14.6. The molecule has 24 heavy (non-hydrogen) atoms. The van der Waals surface area contributed by atoms with Crippen molar-refractivity contribution in [3.05, 3.63) is 34.4 Å². The Balaban J connectivity index is 2.10. The molecular formula is C20H22O4. The van der Waals surface area contributed by atoms with E-state index in [4.69, 9.17) is 0 Å². The van der Waals surface area contributed by atoms with Crippen molar-refractivity contribution in [2.45, 2.75) is 53.4 Å². The molecule has 126 valence electrons. The van der Waals surface area contributed by atoms with Crippen LogP contribution in [0.5, 0.6) is 0 Å². The van der Waals surface area contributed by atoms with Crippen LogP contribution >= 0.6 is 0 Å². The number of carbonyl (C=O) groups is 4. The molecule has 0 fully saturated rings. The standard InChI is InChI=1S/C20H22O4/c1-11(21)19(12(2)22)7-15-5-6-16-8-20(13(3)23,14(4)24)10-18(16)17(15)9-19/h5-6H,7-10H2,1-4H3. The quantitative estimate of drug-likeness (QED) is 0.796. The highest BCUT2D eigenvalue weighted by atomic mass is 16.2. The summed E-state index contributed by atoms with van der Waals surface area (Å²) in [7, 11) is 0. The topological polar surface area (TPSA) is 68.3 Å². The molecule has 2 aliphatic rings. The van der Waals surface area contributed by atoms with Crippen LogP contribution in [0.15, 0.2) is 12.1 Å². The van der Waals surface area contributed by atoms with Gasteiger partial charge in [-0.2, -0.15) is 0 Å². The number of hydrogen-bond donors (Lipinski definition) is 0. The number of carbonyl (C=O) groups excluding carboxylic acids is 4. The number of fused-ring (bicyclic) bond motifs is 3. The van der Waals surface area contributed by atoms with Crippen molar-refractivity contribution in [3.63, 3.8) is 0 Å². The van der Waals surface area contributed by atoms with Gasteiger partial charge in [0.15, 0.2) is 0 Å². The maximum Gasteiger partial charge on any atom is 0.144 e. The predicted molar refractivity (Wildman–Crippen MR) is 88.8 cm³/mol. The molecule has 0 bridgehead atoms. The van der Waals surface area contributed by atoms with Crippen molar-refractivity contribution >= 4 is 23.1 Å². The maximum absolute atomic E-state index is 12.2. The Morgan fingerprint density at radius 3 is 1.17 bits per heavy atom. The summed E-state index contributed by atoms with van der Waals surface area (Å²) in [5.41, 5.74) is 2.05. The van der Waals surface area contributed by atoms with E-state index in [0.29, 0.717) is 25.7 Å². The molecule has 0 amide bonds. The van der Waals surface area contributed by atoms with Gasteiger partial charge in [-0.25, -0.2) is 0 Å². The molecule has 2 aliphatic carbocycles. The number of rotatable bonds is 4. The number of benzene rings is 1. The Morgan fingerprint density at radius 2 is 0.917 bits per heavy atom. The van der Waals surface area contributed by atoms with Gasteiger partial charge in [0.25, 0.3) is 0 Å². The fourth-order valence-electron chi connectivity index (χ4n) is 4.43. The van der Waals surface area contributed by atoms with Crippen molar-refractivity contribution in [1.82, 2.24) is 0 Å². The summed E-state index contributed by atoms with van der Waals surface area (Å²) in [6.07, 6.45) is 1.63. The SMILES string of the molecule is CC(=O)C1(C(C)=O)Cc2ccc3c(c2C1)CC(C(C)=O)(C(C)=O)C3. The van der Waals surface area contributed by atoms with Crippen LogP contribution in [0.3, 0.4) is 0 Å². The average Bonchev–Trinajstić information content (AvgIpc) is 3.06. The van der Waals surface area contributed by atoms with Crippen molar-refractivity contribution in [2.24, 2.45) is 10.8 Å². The van der Waals surface area contributed by atoms with Gasteiger partial charge in [-0.1, -0.05) is 12.1 Å². The van der Waals surface area contributed by atoms with Crippen LogP contribution in [0.4, 0.5) is 0 Å². The van der Waals surface area contributed by atoms with E-state index < -0.39 is 10.8 Å². The van der Waals surface area contributed by atoms with E-state index in [1.165, 1.54) is 27.7 Å². The zero-order valence-electron chi connectivity index (χ0n) is 14.6. The van der Waals surface area contributed by atoms with Crippen LogP contribution in [0.25, 0.3) is 0 Å². The van der Waals surface area contributed by atoms with Crippen LogP contribution in [0, 0.1) is 10.8 Å². The first-order chi connectivity index (χ1) is 11.1. The minimum Gasteiger partial charge on any atom is -0.299 e. The molecule has 0 saturated carbocycles. The highest BCUT2D eigenvalue weighted by Gasteiger charge is 2.51. The number of Topliss-reactive ketones (excluding diaryl/α,β-unsaturated/α-hetero) is 4. The van der Waals surface area contributed by atoms with Gasteiger partial charge in [-0.15, -0.1) is 0 Å². The van der Waals surface area contributed by atoms with E-state index >= 15 is 0 Å². The lowest BCUT2D eigenvalue weighted by Crippen LogP contribution is -2.38. The van der Waals surface area contributed by atoms with Crippen molar-refractivity contribution in [2.75, 3.05) is 0 Å². The van der Waals surface area contributed by atoms with Crippen molar-refractivity contribution in [1.29, 1.82) is 0 Å². The normalized spacial score (nSPS) is 19.5. The molecule has 0 N–H and O–H groups in total. The lowest BCUT2D eigenvalue weighted by atomic mass is 9.76. The molecule has 3 rings (SSSR count). The lowest BCUT2D eigenvalue weighted by molar-refractivity contribution is -0.139. The largest absolute Gasteiger partial charge is 0.299 e. The van der Waals surface area contributed by atoms with Crippen molar-refractivity contribution < 1.29 is 19.2 Å². The fourth-order valence-corrected chi connectivity index (χ4v) is 4.43. The lowest BCUT2D eigenvalue weighted by Gasteiger charge is -2.23. The summed E-state index contributed by atoms with van der Waals surface area (Å²) in [4.78, 5) is 48.8. The van der Waals surface area contributed by atoms with Crippen LogP contribution in [-0.4, -0.2) is 23.1 Å². The third kappa shape index (κ3) is 2.05. The fraction of sp³-hybridized carbons (Fsp3) is 0.500. The summed E-state index contributed by atoms with van der Waals surface area (Å²) in [6.45, 7) is 5.90. The Hall–Kier alpha value is -2.10. The summed E-state index contributed by atoms with van der Waals surface area (Å²) < 4.78 is 0. The van der Waals surface area contributed by atoms with E-state index in [9.17, 15) is 19.2 Å². The minimum atomic E-state index is -0.977. The molecule has 0 unspecified atom stereocenters. The van der Waals surface area contributed by atoms with Gasteiger partial charge in [0.1, 0.15) is 23.1 Å². The minimum absolute atomic E-state index is 0.109. The Morgan fingerprint density at radius 1 is 0.625 bits per heavy atom. The molecular weight excluding hydrogens is 304 g/mol. The van der Waals surface area contributed by atoms with E-state index in [0.717, 1.165) is 22.3 Å². The van der Waals surface area contributed by atoms with E-state index in [1.54, 1.807) is 0 Å². The summed E-state index contributed by atoms with van der Waals surface area (Å²) in [5.74, 6) is -0.436.